The highest BCUT2D eigenvalue weighted by Gasteiger charge is 2.22. The summed E-state index contributed by atoms with van der Waals surface area (Å²) in [5, 5.41) is 5.76. The first kappa shape index (κ1) is 27.2. The maximum atomic E-state index is 12.1. The second-order valence-electron chi connectivity index (χ2n) is 6.32. The third kappa shape index (κ3) is 8.68. The third-order valence-corrected chi connectivity index (χ3v) is 3.97. The fourth-order valence-electron chi connectivity index (χ4n) is 2.41. The van der Waals surface area contributed by atoms with Crippen LogP contribution >= 0.6 is 0 Å². The monoisotopic (exact) mass is 462 g/mol. The Labute approximate surface area is 192 Å². The first-order chi connectivity index (χ1) is 15.8. The van der Waals surface area contributed by atoms with E-state index < -0.39 is 23.9 Å². The molecule has 10 heteroatoms. The number of aryl methyl sites for hydroxylation is 1. The average Bonchev–Trinajstić information content (AvgIpc) is 2.76. The zero-order valence-corrected chi connectivity index (χ0v) is 19.5. The number of carbonyl (C=O) groups excluding carboxylic acids is 4. The van der Waals surface area contributed by atoms with Crippen molar-refractivity contribution in [2.45, 2.75) is 34.6 Å². The molecule has 0 aromatic heterocycles. The van der Waals surface area contributed by atoms with Gasteiger partial charge in [-0.15, -0.1) is 0 Å². The van der Waals surface area contributed by atoms with E-state index in [1.54, 1.807) is 45.9 Å². The first-order valence-corrected chi connectivity index (χ1v) is 10.5. The molecule has 0 atom stereocenters. The lowest BCUT2D eigenvalue weighted by Crippen LogP contribution is -2.19. The van der Waals surface area contributed by atoms with Gasteiger partial charge in [-0.1, -0.05) is 6.07 Å². The molecule has 0 heterocycles. The summed E-state index contributed by atoms with van der Waals surface area (Å²) in [5.41, 5.74) is 1.28. The van der Waals surface area contributed by atoms with Gasteiger partial charge in [0.25, 0.3) is 0 Å². The Kier molecular flexibility index (Phi) is 11.8. The minimum Gasteiger partial charge on any atom is -0.462 e. The number of anilines is 2. The van der Waals surface area contributed by atoms with Crippen molar-refractivity contribution in [2.75, 3.05) is 37.1 Å². The molecule has 0 radical (unpaired) electrons. The molecule has 1 aromatic carbocycles. The maximum absolute atomic E-state index is 12.1. The van der Waals surface area contributed by atoms with Crippen LogP contribution in [0.3, 0.4) is 0 Å². The van der Waals surface area contributed by atoms with Crippen molar-refractivity contribution in [1.29, 1.82) is 0 Å². The highest BCUT2D eigenvalue weighted by atomic mass is 16.6. The highest BCUT2D eigenvalue weighted by molar-refractivity contribution is 6.14. The Bertz CT molecular complexity index is 881. The Morgan fingerprint density at radius 1 is 0.697 bits per heavy atom. The molecule has 0 aliphatic heterocycles. The minimum absolute atomic E-state index is 0.101. The van der Waals surface area contributed by atoms with Gasteiger partial charge in [-0.05, 0) is 52.3 Å². The number of carbonyl (C=O) groups is 4. The van der Waals surface area contributed by atoms with Crippen LogP contribution in [0.25, 0.3) is 0 Å². The SMILES string of the molecule is CCOC(=O)C(=CNc1ccc(C)c(NC=C(C(=O)OCC)C(=O)OCC)c1)C(=O)OCC. The van der Waals surface area contributed by atoms with E-state index >= 15 is 0 Å². The van der Waals surface area contributed by atoms with Gasteiger partial charge < -0.3 is 29.6 Å². The summed E-state index contributed by atoms with van der Waals surface area (Å²) < 4.78 is 19.6. The number of benzene rings is 1. The molecule has 0 bridgehead atoms. The van der Waals surface area contributed by atoms with E-state index in [2.05, 4.69) is 10.6 Å². The van der Waals surface area contributed by atoms with E-state index in [9.17, 15) is 19.2 Å². The highest BCUT2D eigenvalue weighted by Crippen LogP contribution is 2.21. The maximum Gasteiger partial charge on any atom is 0.347 e. The predicted octanol–water partition coefficient (Wildman–Crippen LogP) is 2.84. The summed E-state index contributed by atoms with van der Waals surface area (Å²) in [7, 11) is 0. The van der Waals surface area contributed by atoms with Crippen molar-refractivity contribution < 1.29 is 38.1 Å². The topological polar surface area (TPSA) is 129 Å². The van der Waals surface area contributed by atoms with Crippen LogP contribution in [0, 0.1) is 6.92 Å². The van der Waals surface area contributed by atoms with Gasteiger partial charge in [0.1, 0.15) is 0 Å². The molecule has 0 fully saturated rings. The van der Waals surface area contributed by atoms with Crippen LogP contribution in [-0.2, 0) is 38.1 Å². The number of nitrogens with one attached hydrogen (secondary N) is 2. The van der Waals surface area contributed by atoms with Crippen LogP contribution in [0.2, 0.25) is 0 Å². The fraction of sp³-hybridized carbons (Fsp3) is 0.391. The van der Waals surface area contributed by atoms with Gasteiger partial charge in [-0.25, -0.2) is 19.2 Å². The molecule has 10 nitrogen and oxygen atoms in total. The molecule has 0 amide bonds. The van der Waals surface area contributed by atoms with Crippen molar-refractivity contribution in [3.63, 3.8) is 0 Å². The smallest absolute Gasteiger partial charge is 0.347 e. The molecule has 2 N–H and O–H groups in total. The van der Waals surface area contributed by atoms with E-state index in [-0.39, 0.29) is 37.6 Å². The molecule has 0 saturated carbocycles. The van der Waals surface area contributed by atoms with Gasteiger partial charge in [0.05, 0.1) is 26.4 Å². The van der Waals surface area contributed by atoms with Crippen LogP contribution in [0.15, 0.2) is 41.7 Å². The lowest BCUT2D eigenvalue weighted by Gasteiger charge is -2.12. The van der Waals surface area contributed by atoms with Crippen LogP contribution in [0.5, 0.6) is 0 Å². The molecule has 0 aliphatic carbocycles. The van der Waals surface area contributed by atoms with Gasteiger partial charge in [0.15, 0.2) is 11.1 Å². The number of hydrogen-bond acceptors (Lipinski definition) is 10. The number of esters is 4. The van der Waals surface area contributed by atoms with E-state index in [0.29, 0.717) is 11.4 Å². The lowest BCUT2D eigenvalue weighted by atomic mass is 10.1. The van der Waals surface area contributed by atoms with Gasteiger partial charge >= 0.3 is 23.9 Å². The number of rotatable bonds is 12. The third-order valence-electron chi connectivity index (χ3n) is 3.97. The Morgan fingerprint density at radius 3 is 1.48 bits per heavy atom. The van der Waals surface area contributed by atoms with Crippen LogP contribution < -0.4 is 10.6 Å². The van der Waals surface area contributed by atoms with Gasteiger partial charge in [0, 0.05) is 23.8 Å². The van der Waals surface area contributed by atoms with Gasteiger partial charge in [-0.2, -0.15) is 0 Å². The molecular weight excluding hydrogens is 432 g/mol. The molecule has 1 rings (SSSR count). The summed E-state index contributed by atoms with van der Waals surface area (Å²) in [6.45, 7) is 8.72. The van der Waals surface area contributed by atoms with E-state index in [4.69, 9.17) is 18.9 Å². The predicted molar refractivity (Wildman–Crippen MR) is 121 cm³/mol. The second kappa shape index (κ2) is 14.3. The molecule has 33 heavy (non-hydrogen) atoms. The van der Waals surface area contributed by atoms with Crippen molar-refractivity contribution in [1.82, 2.24) is 0 Å². The molecule has 0 unspecified atom stereocenters. The first-order valence-electron chi connectivity index (χ1n) is 10.5. The van der Waals surface area contributed by atoms with Gasteiger partial charge in [-0.3, -0.25) is 0 Å². The standard InChI is InChI=1S/C23H30N2O8/c1-6-30-20(26)17(21(27)31-7-2)13-24-16-11-10-15(5)19(12-16)25-14-18(22(28)32-8-3)23(29)33-9-4/h10-14,24-25H,6-9H2,1-5H3. The summed E-state index contributed by atoms with van der Waals surface area (Å²) in [6.07, 6.45) is 2.41. The van der Waals surface area contributed by atoms with Crippen molar-refractivity contribution >= 4 is 35.3 Å². The Morgan fingerprint density at radius 2 is 1.09 bits per heavy atom. The van der Waals surface area contributed by atoms with E-state index in [1.807, 2.05) is 6.92 Å². The number of hydrogen-bond donors (Lipinski definition) is 2. The zero-order valence-electron chi connectivity index (χ0n) is 19.5. The van der Waals surface area contributed by atoms with E-state index in [1.165, 1.54) is 12.4 Å². The molecule has 0 aliphatic rings. The molecular formula is C23H30N2O8. The number of ether oxygens (including phenoxy) is 4. The van der Waals surface area contributed by atoms with Crippen LogP contribution in [0.1, 0.15) is 33.3 Å². The summed E-state index contributed by atoms with van der Waals surface area (Å²) in [6, 6.07) is 5.13. The van der Waals surface area contributed by atoms with Gasteiger partial charge in [0.2, 0.25) is 0 Å². The normalized spacial score (nSPS) is 9.73. The van der Waals surface area contributed by atoms with E-state index in [0.717, 1.165) is 5.56 Å². The summed E-state index contributed by atoms with van der Waals surface area (Å²) in [4.78, 5) is 48.4. The zero-order chi connectivity index (χ0) is 24.8. The lowest BCUT2D eigenvalue weighted by molar-refractivity contribution is -0.148. The van der Waals surface area contributed by atoms with Crippen molar-refractivity contribution in [2.24, 2.45) is 0 Å². The summed E-state index contributed by atoms with van der Waals surface area (Å²) >= 11 is 0. The Hall–Kier alpha value is -3.82. The quantitative estimate of drug-likeness (QED) is 0.157. The van der Waals surface area contributed by atoms with Crippen LogP contribution in [-0.4, -0.2) is 50.3 Å². The van der Waals surface area contributed by atoms with Crippen LogP contribution in [0.4, 0.5) is 11.4 Å². The fourth-order valence-corrected chi connectivity index (χ4v) is 2.41. The largest absolute Gasteiger partial charge is 0.462 e. The second-order valence-corrected chi connectivity index (χ2v) is 6.32. The molecule has 180 valence electrons. The molecule has 0 saturated heterocycles. The van der Waals surface area contributed by atoms with Crippen molar-refractivity contribution in [3.05, 3.63) is 47.3 Å². The minimum atomic E-state index is -0.814. The average molecular weight is 462 g/mol. The summed E-state index contributed by atoms with van der Waals surface area (Å²) in [5.74, 6) is -3.26. The molecule has 0 spiro atoms. The van der Waals surface area contributed by atoms with Crippen molar-refractivity contribution in [3.8, 4) is 0 Å². The Balaban J connectivity index is 3.17. The molecule has 1 aromatic rings.